The quantitative estimate of drug-likeness (QED) is 0.795. The Kier molecular flexibility index (Phi) is 4.43. The number of hydrogen-bond donors (Lipinski definition) is 0. The lowest BCUT2D eigenvalue weighted by atomic mass is 9.91. The van der Waals surface area contributed by atoms with Gasteiger partial charge in [-0.15, -0.1) is 0 Å². The van der Waals surface area contributed by atoms with Crippen LogP contribution < -0.4 is 4.74 Å². The Morgan fingerprint density at radius 1 is 1.41 bits per heavy atom. The van der Waals surface area contributed by atoms with Gasteiger partial charge >= 0.3 is 0 Å². The molecule has 1 aliphatic heterocycles. The number of likely N-dealkylation sites (tertiary alicyclic amines) is 1. The number of carbonyl (C=O) groups is 1. The molecule has 1 aromatic heterocycles. The molecule has 1 aliphatic rings. The predicted octanol–water partition coefficient (Wildman–Crippen LogP) is 2.92. The van der Waals surface area contributed by atoms with E-state index < -0.39 is 0 Å². The van der Waals surface area contributed by atoms with Gasteiger partial charge in [-0.05, 0) is 63.9 Å². The molecule has 2 heterocycles. The predicted molar refractivity (Wildman–Crippen MR) is 84.5 cm³/mol. The molecule has 5 nitrogen and oxygen atoms in total. The van der Waals surface area contributed by atoms with Crippen LogP contribution in [0, 0.1) is 5.92 Å². The van der Waals surface area contributed by atoms with Gasteiger partial charge in [-0.3, -0.25) is 4.79 Å². The second-order valence-corrected chi connectivity index (χ2v) is 6.10. The van der Waals surface area contributed by atoms with E-state index >= 15 is 0 Å². The zero-order chi connectivity index (χ0) is 15.5. The van der Waals surface area contributed by atoms with E-state index in [0.29, 0.717) is 16.9 Å². The number of nitrogens with zero attached hydrogens (tertiary/aromatic N) is 2. The number of aldehydes is 1. The highest BCUT2D eigenvalue weighted by Gasteiger charge is 2.19. The number of aromatic nitrogens is 1. The number of hydrogen-bond acceptors (Lipinski definition) is 5. The lowest BCUT2D eigenvalue weighted by Gasteiger charge is -2.28. The molecule has 1 aromatic carbocycles. The maximum Gasteiger partial charge on any atom is 0.209 e. The molecule has 0 amide bonds. The molecule has 2 aromatic rings. The van der Waals surface area contributed by atoms with Crippen molar-refractivity contribution in [3.63, 3.8) is 0 Å². The molecular weight excluding hydrogens is 280 g/mol. The van der Waals surface area contributed by atoms with Crippen LogP contribution in [-0.2, 0) is 6.42 Å². The minimum Gasteiger partial charge on any atom is -0.492 e. The summed E-state index contributed by atoms with van der Waals surface area (Å²) in [7, 11) is 3.72. The van der Waals surface area contributed by atoms with Gasteiger partial charge in [-0.1, -0.05) is 5.16 Å². The van der Waals surface area contributed by atoms with Crippen molar-refractivity contribution in [3.8, 4) is 5.75 Å². The Balaban J connectivity index is 1.76. The van der Waals surface area contributed by atoms with Gasteiger partial charge in [0.1, 0.15) is 0 Å². The molecule has 22 heavy (non-hydrogen) atoms. The minimum atomic E-state index is 0.477. The standard InChI is InChI=1S/C17H22N2O3/c1-19-9-7-12(8-10-19)3-6-15-14-5-4-13(11-20)16(21-2)17(14)22-18-15/h4-5,11-12H,3,6-10H2,1-2H3. The lowest BCUT2D eigenvalue weighted by molar-refractivity contribution is 0.112. The van der Waals surface area contributed by atoms with Gasteiger partial charge in [0.15, 0.2) is 12.0 Å². The first-order valence-electron chi connectivity index (χ1n) is 7.82. The van der Waals surface area contributed by atoms with Crippen molar-refractivity contribution in [1.29, 1.82) is 0 Å². The number of carbonyl (C=O) groups excluding carboxylic acids is 1. The summed E-state index contributed by atoms with van der Waals surface area (Å²) in [5.74, 6) is 1.24. The summed E-state index contributed by atoms with van der Waals surface area (Å²) in [5.41, 5.74) is 2.03. The average molecular weight is 302 g/mol. The maximum atomic E-state index is 11.0. The summed E-state index contributed by atoms with van der Waals surface area (Å²) < 4.78 is 10.7. The zero-order valence-electron chi connectivity index (χ0n) is 13.2. The van der Waals surface area contributed by atoms with E-state index in [4.69, 9.17) is 9.26 Å². The third-order valence-electron chi connectivity index (χ3n) is 4.66. The van der Waals surface area contributed by atoms with Crippen LogP contribution >= 0.6 is 0 Å². The molecule has 0 aliphatic carbocycles. The van der Waals surface area contributed by atoms with Crippen molar-refractivity contribution in [2.75, 3.05) is 27.2 Å². The molecule has 0 radical (unpaired) electrons. The molecule has 0 bridgehead atoms. The van der Waals surface area contributed by atoms with Crippen LogP contribution in [0.15, 0.2) is 16.7 Å². The first-order valence-corrected chi connectivity index (χ1v) is 7.82. The Labute approximate surface area is 130 Å². The summed E-state index contributed by atoms with van der Waals surface area (Å²) in [6, 6.07) is 3.67. The van der Waals surface area contributed by atoms with E-state index in [1.54, 1.807) is 13.2 Å². The highest BCUT2D eigenvalue weighted by atomic mass is 16.5. The first kappa shape index (κ1) is 15.0. The Hall–Kier alpha value is -1.88. The van der Waals surface area contributed by atoms with E-state index in [9.17, 15) is 4.79 Å². The highest BCUT2D eigenvalue weighted by Crippen LogP contribution is 2.32. The number of piperidine rings is 1. The lowest BCUT2D eigenvalue weighted by Crippen LogP contribution is -2.30. The van der Waals surface area contributed by atoms with E-state index in [-0.39, 0.29) is 0 Å². The van der Waals surface area contributed by atoms with Crippen molar-refractivity contribution in [2.24, 2.45) is 5.92 Å². The van der Waals surface area contributed by atoms with E-state index in [1.807, 2.05) is 6.07 Å². The van der Waals surface area contributed by atoms with Crippen molar-refractivity contribution in [2.45, 2.75) is 25.7 Å². The van der Waals surface area contributed by atoms with E-state index in [0.717, 1.165) is 36.1 Å². The molecule has 0 unspecified atom stereocenters. The van der Waals surface area contributed by atoms with Crippen LogP contribution in [0.25, 0.3) is 11.0 Å². The monoisotopic (exact) mass is 302 g/mol. The Morgan fingerprint density at radius 3 is 2.86 bits per heavy atom. The molecule has 5 heteroatoms. The van der Waals surface area contributed by atoms with Gasteiger partial charge < -0.3 is 14.2 Å². The number of ether oxygens (including phenoxy) is 1. The second-order valence-electron chi connectivity index (χ2n) is 6.10. The smallest absolute Gasteiger partial charge is 0.209 e. The fourth-order valence-electron chi connectivity index (χ4n) is 3.22. The van der Waals surface area contributed by atoms with Crippen molar-refractivity contribution >= 4 is 17.3 Å². The van der Waals surface area contributed by atoms with Crippen LogP contribution in [-0.4, -0.2) is 43.6 Å². The third kappa shape index (κ3) is 2.86. The summed E-state index contributed by atoms with van der Waals surface area (Å²) >= 11 is 0. The summed E-state index contributed by atoms with van der Waals surface area (Å²) in [6.07, 6.45) is 5.33. The number of aryl methyl sites for hydroxylation is 1. The molecule has 0 spiro atoms. The number of methoxy groups -OCH3 is 1. The minimum absolute atomic E-state index is 0.477. The van der Waals surface area contributed by atoms with Crippen LogP contribution in [0.2, 0.25) is 0 Å². The number of rotatable bonds is 5. The normalized spacial score (nSPS) is 17.0. The fraction of sp³-hybridized carbons (Fsp3) is 0.529. The Bertz CT molecular complexity index is 657. The number of benzene rings is 1. The van der Waals surface area contributed by atoms with E-state index in [2.05, 4.69) is 17.1 Å². The molecular formula is C17H22N2O3. The van der Waals surface area contributed by atoms with Crippen molar-refractivity contribution < 1.29 is 14.1 Å². The molecule has 1 fully saturated rings. The second kappa shape index (κ2) is 6.48. The van der Waals surface area contributed by atoms with Gasteiger partial charge in [-0.25, -0.2) is 0 Å². The summed E-state index contributed by atoms with van der Waals surface area (Å²) in [5, 5.41) is 5.15. The summed E-state index contributed by atoms with van der Waals surface area (Å²) in [4.78, 5) is 13.4. The average Bonchev–Trinajstić information content (AvgIpc) is 2.96. The molecule has 0 atom stereocenters. The molecule has 1 saturated heterocycles. The molecule has 0 saturated carbocycles. The van der Waals surface area contributed by atoms with Gasteiger partial charge in [0.25, 0.3) is 0 Å². The van der Waals surface area contributed by atoms with Crippen LogP contribution in [0.5, 0.6) is 5.75 Å². The molecule has 118 valence electrons. The topological polar surface area (TPSA) is 55.6 Å². The van der Waals surface area contributed by atoms with Gasteiger partial charge in [0.2, 0.25) is 5.58 Å². The van der Waals surface area contributed by atoms with Gasteiger partial charge in [0, 0.05) is 5.39 Å². The Morgan fingerprint density at radius 2 is 2.18 bits per heavy atom. The maximum absolute atomic E-state index is 11.0. The largest absolute Gasteiger partial charge is 0.492 e. The zero-order valence-corrected chi connectivity index (χ0v) is 13.2. The van der Waals surface area contributed by atoms with Crippen molar-refractivity contribution in [1.82, 2.24) is 10.1 Å². The highest BCUT2D eigenvalue weighted by molar-refractivity contribution is 5.93. The first-order chi connectivity index (χ1) is 10.7. The van der Waals surface area contributed by atoms with E-state index in [1.165, 1.54) is 25.9 Å². The van der Waals surface area contributed by atoms with Crippen LogP contribution in [0.3, 0.4) is 0 Å². The van der Waals surface area contributed by atoms with Crippen LogP contribution in [0.4, 0.5) is 0 Å². The van der Waals surface area contributed by atoms with Gasteiger partial charge in [-0.2, -0.15) is 0 Å². The SMILES string of the molecule is COc1c(C=O)ccc2c(CCC3CCN(C)CC3)noc12. The molecule has 3 rings (SSSR count). The number of fused-ring (bicyclic) bond motifs is 1. The third-order valence-corrected chi connectivity index (χ3v) is 4.66. The van der Waals surface area contributed by atoms with Crippen LogP contribution in [0.1, 0.15) is 35.3 Å². The molecule has 0 N–H and O–H groups in total. The fourth-order valence-corrected chi connectivity index (χ4v) is 3.22. The summed E-state index contributed by atoms with van der Waals surface area (Å²) in [6.45, 7) is 2.36. The van der Waals surface area contributed by atoms with Gasteiger partial charge in [0.05, 0.1) is 18.4 Å². The van der Waals surface area contributed by atoms with Crippen molar-refractivity contribution in [3.05, 3.63) is 23.4 Å².